The minimum absolute atomic E-state index is 0.195. The minimum Gasteiger partial charge on any atom is -0.484 e. The number of primary amides is 1. The molecular formula is C14H18N2O4. The van der Waals surface area contributed by atoms with Crippen LogP contribution in [-0.2, 0) is 4.79 Å². The van der Waals surface area contributed by atoms with E-state index in [4.69, 9.17) is 10.5 Å². The van der Waals surface area contributed by atoms with E-state index in [1.54, 1.807) is 24.3 Å². The summed E-state index contributed by atoms with van der Waals surface area (Å²) in [6.07, 6.45) is 1.60. The summed E-state index contributed by atoms with van der Waals surface area (Å²) in [5, 5.41) is 12.4. The average molecular weight is 278 g/mol. The average Bonchev–Trinajstić information content (AvgIpc) is 3.27. The second-order valence-electron chi connectivity index (χ2n) is 4.89. The van der Waals surface area contributed by atoms with E-state index in [0.717, 1.165) is 12.8 Å². The standard InChI is InChI=1S/C14H18N2O4/c15-13(18)8-20-11-5-3-10(4-6-11)14(19)16-7-12(17)9-1-2-9/h3-6,9,12,17H,1-2,7-8H2,(H2,15,18)(H,16,19). The van der Waals surface area contributed by atoms with Gasteiger partial charge in [0.05, 0.1) is 6.10 Å². The van der Waals surface area contributed by atoms with Gasteiger partial charge in [0, 0.05) is 12.1 Å². The number of aliphatic hydroxyl groups excluding tert-OH is 1. The van der Waals surface area contributed by atoms with Crippen molar-refractivity contribution in [2.24, 2.45) is 11.7 Å². The third-order valence-corrected chi connectivity index (χ3v) is 3.14. The number of amides is 2. The number of nitrogens with one attached hydrogen (secondary N) is 1. The predicted octanol–water partition coefficient (Wildman–Crippen LogP) is 0.0514. The Morgan fingerprint density at radius 1 is 1.35 bits per heavy atom. The van der Waals surface area contributed by atoms with Crippen LogP contribution in [0.25, 0.3) is 0 Å². The molecule has 1 saturated carbocycles. The van der Waals surface area contributed by atoms with Gasteiger partial charge in [0.2, 0.25) is 0 Å². The SMILES string of the molecule is NC(=O)COc1ccc(C(=O)NCC(O)C2CC2)cc1. The molecule has 1 fully saturated rings. The fourth-order valence-electron chi connectivity index (χ4n) is 1.80. The van der Waals surface area contributed by atoms with Crippen LogP contribution in [0, 0.1) is 5.92 Å². The largest absolute Gasteiger partial charge is 0.484 e. The van der Waals surface area contributed by atoms with E-state index < -0.39 is 12.0 Å². The first-order valence-corrected chi connectivity index (χ1v) is 6.53. The lowest BCUT2D eigenvalue weighted by atomic mass is 10.2. The zero-order valence-electron chi connectivity index (χ0n) is 11.0. The zero-order valence-corrected chi connectivity index (χ0v) is 11.0. The monoisotopic (exact) mass is 278 g/mol. The van der Waals surface area contributed by atoms with Crippen molar-refractivity contribution in [3.63, 3.8) is 0 Å². The van der Waals surface area contributed by atoms with E-state index in [2.05, 4.69) is 5.32 Å². The number of hydrogen-bond donors (Lipinski definition) is 3. The van der Waals surface area contributed by atoms with E-state index >= 15 is 0 Å². The fourth-order valence-corrected chi connectivity index (χ4v) is 1.80. The number of ether oxygens (including phenoxy) is 1. The van der Waals surface area contributed by atoms with Gasteiger partial charge in [-0.3, -0.25) is 9.59 Å². The van der Waals surface area contributed by atoms with Gasteiger partial charge in [0.25, 0.3) is 11.8 Å². The van der Waals surface area contributed by atoms with Crippen LogP contribution in [0.3, 0.4) is 0 Å². The molecule has 0 heterocycles. The highest BCUT2D eigenvalue weighted by Gasteiger charge is 2.29. The molecule has 1 aromatic carbocycles. The van der Waals surface area contributed by atoms with Gasteiger partial charge < -0.3 is 20.9 Å². The number of aliphatic hydroxyl groups is 1. The lowest BCUT2D eigenvalue weighted by Crippen LogP contribution is -2.33. The van der Waals surface area contributed by atoms with Crippen LogP contribution < -0.4 is 15.8 Å². The van der Waals surface area contributed by atoms with Crippen LogP contribution in [0.2, 0.25) is 0 Å². The third-order valence-electron chi connectivity index (χ3n) is 3.14. The van der Waals surface area contributed by atoms with Gasteiger partial charge in [-0.15, -0.1) is 0 Å². The molecule has 6 heteroatoms. The molecule has 1 aliphatic carbocycles. The molecule has 0 saturated heterocycles. The van der Waals surface area contributed by atoms with Crippen LogP contribution in [0.4, 0.5) is 0 Å². The molecule has 1 aromatic rings. The Morgan fingerprint density at radius 3 is 2.55 bits per heavy atom. The Hall–Kier alpha value is -2.08. The van der Waals surface area contributed by atoms with Crippen LogP contribution in [0.1, 0.15) is 23.2 Å². The number of carbonyl (C=O) groups excluding carboxylic acids is 2. The van der Waals surface area contributed by atoms with Crippen molar-refractivity contribution in [2.75, 3.05) is 13.2 Å². The highest BCUT2D eigenvalue weighted by Crippen LogP contribution is 2.32. The molecular weight excluding hydrogens is 260 g/mol. The lowest BCUT2D eigenvalue weighted by Gasteiger charge is -2.11. The van der Waals surface area contributed by atoms with Gasteiger partial charge in [0.15, 0.2) is 6.61 Å². The van der Waals surface area contributed by atoms with Gasteiger partial charge in [0.1, 0.15) is 5.75 Å². The summed E-state index contributed by atoms with van der Waals surface area (Å²) >= 11 is 0. The highest BCUT2D eigenvalue weighted by molar-refractivity contribution is 5.94. The third kappa shape index (κ3) is 4.24. The number of nitrogens with two attached hydrogens (primary N) is 1. The summed E-state index contributed by atoms with van der Waals surface area (Å²) in [6.45, 7) is 0.0720. The first kappa shape index (κ1) is 14.3. The van der Waals surface area contributed by atoms with E-state index in [9.17, 15) is 14.7 Å². The number of hydrogen-bond acceptors (Lipinski definition) is 4. The number of benzene rings is 1. The number of rotatable bonds is 7. The molecule has 0 bridgehead atoms. The minimum atomic E-state index is -0.555. The molecule has 20 heavy (non-hydrogen) atoms. The summed E-state index contributed by atoms with van der Waals surface area (Å²) in [6, 6.07) is 6.37. The normalized spacial score (nSPS) is 15.4. The van der Waals surface area contributed by atoms with E-state index in [0.29, 0.717) is 17.2 Å². The van der Waals surface area contributed by atoms with E-state index in [-0.39, 0.29) is 19.1 Å². The Labute approximate surface area is 116 Å². The second-order valence-corrected chi connectivity index (χ2v) is 4.89. The molecule has 6 nitrogen and oxygen atoms in total. The van der Waals surface area contributed by atoms with E-state index in [1.807, 2.05) is 0 Å². The molecule has 0 aromatic heterocycles. The smallest absolute Gasteiger partial charge is 0.255 e. The maximum absolute atomic E-state index is 11.8. The van der Waals surface area contributed by atoms with Gasteiger partial charge >= 0.3 is 0 Å². The molecule has 1 unspecified atom stereocenters. The molecule has 4 N–H and O–H groups in total. The molecule has 2 amide bonds. The molecule has 2 rings (SSSR count). The topological polar surface area (TPSA) is 102 Å². The first-order valence-electron chi connectivity index (χ1n) is 6.53. The van der Waals surface area contributed by atoms with Crippen LogP contribution in [-0.4, -0.2) is 36.2 Å². The summed E-state index contributed by atoms with van der Waals surface area (Å²) in [5.74, 6) is 0.00488. The Morgan fingerprint density at radius 2 is 2.00 bits per heavy atom. The highest BCUT2D eigenvalue weighted by atomic mass is 16.5. The Bertz CT molecular complexity index is 482. The molecule has 108 valence electrons. The lowest BCUT2D eigenvalue weighted by molar-refractivity contribution is -0.119. The first-order chi connectivity index (χ1) is 9.56. The summed E-state index contributed by atoms with van der Waals surface area (Å²) in [5.41, 5.74) is 5.44. The molecule has 0 radical (unpaired) electrons. The van der Waals surface area contributed by atoms with Gasteiger partial charge in [-0.2, -0.15) is 0 Å². The van der Waals surface area contributed by atoms with Crippen molar-refractivity contribution in [1.29, 1.82) is 0 Å². The quantitative estimate of drug-likeness (QED) is 0.656. The van der Waals surface area contributed by atoms with Crippen LogP contribution in [0.15, 0.2) is 24.3 Å². The molecule has 0 spiro atoms. The van der Waals surface area contributed by atoms with Crippen molar-refractivity contribution >= 4 is 11.8 Å². The number of carbonyl (C=O) groups is 2. The van der Waals surface area contributed by atoms with Crippen molar-refractivity contribution in [2.45, 2.75) is 18.9 Å². The van der Waals surface area contributed by atoms with Gasteiger partial charge in [-0.25, -0.2) is 0 Å². The maximum atomic E-state index is 11.8. The van der Waals surface area contributed by atoms with E-state index in [1.165, 1.54) is 0 Å². The van der Waals surface area contributed by atoms with Crippen molar-refractivity contribution < 1.29 is 19.4 Å². The molecule has 1 atom stereocenters. The van der Waals surface area contributed by atoms with Gasteiger partial charge in [-0.05, 0) is 43.0 Å². The second kappa shape index (κ2) is 6.38. The van der Waals surface area contributed by atoms with Gasteiger partial charge in [-0.1, -0.05) is 0 Å². The Kier molecular flexibility index (Phi) is 4.57. The molecule has 0 aliphatic heterocycles. The summed E-state index contributed by atoms with van der Waals surface area (Å²) in [7, 11) is 0. The summed E-state index contributed by atoms with van der Waals surface area (Å²) in [4.78, 5) is 22.4. The zero-order chi connectivity index (χ0) is 14.5. The van der Waals surface area contributed by atoms with Crippen LogP contribution in [0.5, 0.6) is 5.75 Å². The van der Waals surface area contributed by atoms with Crippen molar-refractivity contribution in [3.8, 4) is 5.75 Å². The molecule has 1 aliphatic rings. The van der Waals surface area contributed by atoms with Crippen LogP contribution >= 0.6 is 0 Å². The Balaban J connectivity index is 1.81. The van der Waals surface area contributed by atoms with Crippen molar-refractivity contribution in [3.05, 3.63) is 29.8 Å². The predicted molar refractivity (Wildman–Crippen MR) is 72.2 cm³/mol. The maximum Gasteiger partial charge on any atom is 0.255 e. The fraction of sp³-hybridized carbons (Fsp3) is 0.429. The summed E-state index contributed by atoms with van der Waals surface area (Å²) < 4.78 is 5.09. The van der Waals surface area contributed by atoms with Crippen molar-refractivity contribution in [1.82, 2.24) is 5.32 Å².